The Bertz CT molecular complexity index is 1050. The van der Waals surface area contributed by atoms with Gasteiger partial charge in [0.2, 0.25) is 11.6 Å². The number of aromatic nitrogens is 5. The molecule has 3 N–H and O–H groups in total. The standard InChI is InChI=1S/C15H14Cl2N8O3/c1-7(8-3-4-9(16)10(17)5-8)19-21-15(26)12-11(6-27-2)25(24-20-12)14-13(18)22-28-23-14/h3-5H,6H2,1-2H3,(H2,18,22)(H,21,26). The molecule has 0 fully saturated rings. The van der Waals surface area contributed by atoms with E-state index in [1.54, 1.807) is 25.1 Å². The van der Waals surface area contributed by atoms with Crippen molar-refractivity contribution in [2.45, 2.75) is 13.5 Å². The van der Waals surface area contributed by atoms with Crippen LogP contribution >= 0.6 is 23.2 Å². The van der Waals surface area contributed by atoms with Crippen molar-refractivity contribution < 1.29 is 14.2 Å². The Hall–Kier alpha value is -3.02. The van der Waals surface area contributed by atoms with E-state index >= 15 is 0 Å². The number of benzene rings is 1. The largest absolute Gasteiger partial charge is 0.378 e. The predicted molar refractivity (Wildman–Crippen MR) is 100 cm³/mol. The zero-order chi connectivity index (χ0) is 20.3. The molecule has 0 spiro atoms. The summed E-state index contributed by atoms with van der Waals surface area (Å²) in [6, 6.07) is 5.01. The highest BCUT2D eigenvalue weighted by atomic mass is 35.5. The highest BCUT2D eigenvalue weighted by Crippen LogP contribution is 2.23. The zero-order valence-electron chi connectivity index (χ0n) is 14.7. The second kappa shape index (κ2) is 8.33. The SMILES string of the molecule is COCc1c(C(=O)NN=C(C)c2ccc(Cl)c(Cl)c2)nnn1-c1nonc1N. The molecule has 28 heavy (non-hydrogen) atoms. The van der Waals surface area contributed by atoms with E-state index in [9.17, 15) is 4.79 Å². The molecule has 0 bridgehead atoms. The number of anilines is 1. The summed E-state index contributed by atoms with van der Waals surface area (Å²) in [6.45, 7) is 1.71. The molecule has 13 heteroatoms. The first-order valence-corrected chi connectivity index (χ1v) is 8.50. The second-order valence-corrected chi connectivity index (χ2v) is 6.28. The van der Waals surface area contributed by atoms with E-state index in [-0.39, 0.29) is 23.9 Å². The lowest BCUT2D eigenvalue weighted by Gasteiger charge is -2.05. The minimum absolute atomic E-state index is 0.0114. The Balaban J connectivity index is 1.85. The van der Waals surface area contributed by atoms with Crippen LogP contribution in [0.25, 0.3) is 5.82 Å². The molecule has 1 aromatic carbocycles. The first kappa shape index (κ1) is 19.7. The lowest BCUT2D eigenvalue weighted by Crippen LogP contribution is -2.22. The van der Waals surface area contributed by atoms with Crippen molar-refractivity contribution in [3.05, 3.63) is 45.2 Å². The number of halogens is 2. The van der Waals surface area contributed by atoms with Gasteiger partial charge in [-0.3, -0.25) is 4.79 Å². The van der Waals surface area contributed by atoms with Gasteiger partial charge in [0.25, 0.3) is 5.91 Å². The summed E-state index contributed by atoms with van der Waals surface area (Å²) in [5, 5.41) is 19.7. The van der Waals surface area contributed by atoms with Gasteiger partial charge in [0.05, 0.1) is 22.4 Å². The quantitative estimate of drug-likeness (QED) is 0.449. The molecular formula is C15H14Cl2N8O3. The number of hydrogen-bond donors (Lipinski definition) is 2. The van der Waals surface area contributed by atoms with Gasteiger partial charge in [-0.25, -0.2) is 10.1 Å². The van der Waals surface area contributed by atoms with Gasteiger partial charge in [-0.2, -0.15) is 9.78 Å². The van der Waals surface area contributed by atoms with Crippen LogP contribution in [0.2, 0.25) is 10.0 Å². The van der Waals surface area contributed by atoms with Crippen LogP contribution in [0.1, 0.15) is 28.7 Å². The van der Waals surface area contributed by atoms with Crippen molar-refractivity contribution in [1.29, 1.82) is 0 Å². The van der Waals surface area contributed by atoms with Crippen molar-refractivity contribution in [2.24, 2.45) is 5.10 Å². The molecule has 0 unspecified atom stereocenters. The summed E-state index contributed by atoms with van der Waals surface area (Å²) in [6.07, 6.45) is 0. The Kier molecular flexibility index (Phi) is 5.87. The monoisotopic (exact) mass is 424 g/mol. The van der Waals surface area contributed by atoms with Gasteiger partial charge in [0.1, 0.15) is 5.69 Å². The normalized spacial score (nSPS) is 11.6. The maximum atomic E-state index is 12.5. The van der Waals surface area contributed by atoms with Crippen molar-refractivity contribution in [1.82, 2.24) is 30.7 Å². The number of carbonyl (C=O) groups is 1. The predicted octanol–water partition coefficient (Wildman–Crippen LogP) is 1.84. The van der Waals surface area contributed by atoms with Crippen LogP contribution in [-0.2, 0) is 11.3 Å². The lowest BCUT2D eigenvalue weighted by molar-refractivity contribution is 0.0944. The minimum Gasteiger partial charge on any atom is -0.378 e. The van der Waals surface area contributed by atoms with Crippen molar-refractivity contribution in [3.8, 4) is 5.82 Å². The van der Waals surface area contributed by atoms with E-state index in [0.717, 1.165) is 0 Å². The molecule has 0 radical (unpaired) electrons. The average molecular weight is 425 g/mol. The highest BCUT2D eigenvalue weighted by molar-refractivity contribution is 6.42. The molecule has 0 aliphatic heterocycles. The molecule has 3 aromatic rings. The minimum atomic E-state index is -0.604. The number of nitrogens with zero attached hydrogens (tertiary/aromatic N) is 6. The number of nitrogens with one attached hydrogen (secondary N) is 1. The molecule has 0 aliphatic rings. The fraction of sp³-hybridized carbons (Fsp3) is 0.200. The third kappa shape index (κ3) is 3.96. The van der Waals surface area contributed by atoms with E-state index in [1.807, 2.05) is 0 Å². The maximum Gasteiger partial charge on any atom is 0.293 e. The molecule has 11 nitrogen and oxygen atoms in total. The van der Waals surface area contributed by atoms with Gasteiger partial charge in [-0.15, -0.1) is 5.10 Å². The first-order chi connectivity index (χ1) is 13.4. The van der Waals surface area contributed by atoms with E-state index < -0.39 is 5.91 Å². The Morgan fingerprint density at radius 1 is 1.36 bits per heavy atom. The van der Waals surface area contributed by atoms with Gasteiger partial charge in [0.15, 0.2) is 5.69 Å². The Labute approximate surface area is 168 Å². The lowest BCUT2D eigenvalue weighted by atomic mass is 10.1. The van der Waals surface area contributed by atoms with Gasteiger partial charge in [-0.1, -0.05) is 34.5 Å². The molecule has 0 saturated heterocycles. The van der Waals surface area contributed by atoms with Crippen LogP contribution in [-0.4, -0.2) is 44.0 Å². The number of hydrazone groups is 1. The fourth-order valence-corrected chi connectivity index (χ4v) is 2.52. The first-order valence-electron chi connectivity index (χ1n) is 7.74. The average Bonchev–Trinajstić information content (AvgIpc) is 3.28. The number of ether oxygens (including phenoxy) is 1. The van der Waals surface area contributed by atoms with Crippen molar-refractivity contribution >= 4 is 40.6 Å². The second-order valence-electron chi connectivity index (χ2n) is 5.47. The number of nitrogen functional groups attached to an aromatic ring is 1. The summed E-state index contributed by atoms with van der Waals surface area (Å²) < 4.78 is 10.9. The number of hydrogen-bond acceptors (Lipinski definition) is 9. The van der Waals surface area contributed by atoms with Crippen LogP contribution in [0.5, 0.6) is 0 Å². The molecule has 146 valence electrons. The molecule has 0 saturated carbocycles. The van der Waals surface area contributed by atoms with Gasteiger partial charge in [0, 0.05) is 7.11 Å². The summed E-state index contributed by atoms with van der Waals surface area (Å²) in [5.74, 6) is -0.524. The molecule has 2 aromatic heterocycles. The molecular weight excluding hydrogens is 411 g/mol. The highest BCUT2D eigenvalue weighted by Gasteiger charge is 2.23. The van der Waals surface area contributed by atoms with Crippen molar-refractivity contribution in [3.63, 3.8) is 0 Å². The topological polar surface area (TPSA) is 146 Å². The Morgan fingerprint density at radius 3 is 2.79 bits per heavy atom. The smallest absolute Gasteiger partial charge is 0.293 e. The third-order valence-electron chi connectivity index (χ3n) is 3.62. The van der Waals surface area contributed by atoms with Gasteiger partial charge in [-0.05, 0) is 34.9 Å². The van der Waals surface area contributed by atoms with Crippen molar-refractivity contribution in [2.75, 3.05) is 12.8 Å². The zero-order valence-corrected chi connectivity index (χ0v) is 16.2. The van der Waals surface area contributed by atoms with Gasteiger partial charge < -0.3 is 10.5 Å². The van der Waals surface area contributed by atoms with E-state index in [0.29, 0.717) is 27.0 Å². The summed E-state index contributed by atoms with van der Waals surface area (Å²) in [7, 11) is 1.45. The van der Waals surface area contributed by atoms with Crippen LogP contribution in [0, 0.1) is 0 Å². The van der Waals surface area contributed by atoms with E-state index in [4.69, 9.17) is 33.7 Å². The Morgan fingerprint density at radius 2 is 2.14 bits per heavy atom. The number of methoxy groups -OCH3 is 1. The van der Waals surface area contributed by atoms with E-state index in [1.165, 1.54) is 11.8 Å². The number of amides is 1. The maximum absolute atomic E-state index is 12.5. The van der Waals surface area contributed by atoms with Gasteiger partial charge >= 0.3 is 0 Å². The number of rotatable bonds is 6. The fourth-order valence-electron chi connectivity index (χ4n) is 2.23. The number of nitrogens with two attached hydrogens (primary N) is 1. The summed E-state index contributed by atoms with van der Waals surface area (Å²) in [4.78, 5) is 12.5. The summed E-state index contributed by atoms with van der Waals surface area (Å²) >= 11 is 11.9. The van der Waals surface area contributed by atoms with E-state index in [2.05, 4.69) is 35.8 Å². The molecule has 2 heterocycles. The molecule has 0 aliphatic carbocycles. The number of carbonyl (C=O) groups excluding carboxylic acids is 1. The molecule has 3 rings (SSSR count). The van der Waals surface area contributed by atoms with Crippen LogP contribution < -0.4 is 11.2 Å². The molecule has 0 atom stereocenters. The molecule has 1 amide bonds. The third-order valence-corrected chi connectivity index (χ3v) is 4.36. The van der Waals surface area contributed by atoms with Crippen LogP contribution in [0.4, 0.5) is 5.82 Å². The van der Waals surface area contributed by atoms with Crippen LogP contribution in [0.15, 0.2) is 27.9 Å². The summed E-state index contributed by atoms with van der Waals surface area (Å²) in [5.41, 5.74) is 9.56. The van der Waals surface area contributed by atoms with Crippen LogP contribution in [0.3, 0.4) is 0 Å².